The summed E-state index contributed by atoms with van der Waals surface area (Å²) in [7, 11) is 3.22. The molecule has 0 aliphatic heterocycles. The minimum Gasteiger partial charge on any atom is -0.467 e. The summed E-state index contributed by atoms with van der Waals surface area (Å²) in [6.45, 7) is 2.78. The number of carbonyl (C=O) groups excluding carboxylic acids is 1. The van der Waals surface area contributed by atoms with E-state index in [-0.39, 0.29) is 0 Å². The average molecular weight is 215 g/mol. The summed E-state index contributed by atoms with van der Waals surface area (Å²) in [5, 5.41) is 9.84. The highest BCUT2D eigenvalue weighted by Crippen LogP contribution is 2.27. The second-order valence-electron chi connectivity index (χ2n) is 4.76. The van der Waals surface area contributed by atoms with Crippen molar-refractivity contribution in [3.63, 3.8) is 0 Å². The van der Waals surface area contributed by atoms with Gasteiger partial charge in [0.1, 0.15) is 0 Å². The lowest BCUT2D eigenvalue weighted by atomic mass is 9.85. The maximum absolute atomic E-state index is 11.2. The van der Waals surface area contributed by atoms with Gasteiger partial charge in [0.2, 0.25) is 0 Å². The van der Waals surface area contributed by atoms with Crippen LogP contribution in [0.5, 0.6) is 0 Å². The van der Waals surface area contributed by atoms with Gasteiger partial charge in [-0.2, -0.15) is 0 Å². The van der Waals surface area contributed by atoms with Crippen molar-refractivity contribution in [3.05, 3.63) is 0 Å². The van der Waals surface area contributed by atoms with E-state index in [1.54, 1.807) is 0 Å². The first-order valence-corrected chi connectivity index (χ1v) is 5.45. The van der Waals surface area contributed by atoms with Gasteiger partial charge < -0.3 is 14.7 Å². The topological polar surface area (TPSA) is 49.8 Å². The van der Waals surface area contributed by atoms with Crippen LogP contribution in [0.2, 0.25) is 0 Å². The number of hydrogen-bond acceptors (Lipinski definition) is 4. The number of carbonyl (C=O) groups is 1. The summed E-state index contributed by atoms with van der Waals surface area (Å²) in [5.41, 5.74) is -1.40. The van der Waals surface area contributed by atoms with Crippen LogP contribution in [0.15, 0.2) is 0 Å². The molecule has 0 heterocycles. The van der Waals surface area contributed by atoms with Crippen molar-refractivity contribution >= 4 is 5.97 Å². The number of ether oxygens (including phenoxy) is 1. The van der Waals surface area contributed by atoms with Crippen molar-refractivity contribution in [2.45, 2.75) is 31.8 Å². The van der Waals surface area contributed by atoms with Crippen molar-refractivity contribution in [2.75, 3.05) is 27.2 Å². The van der Waals surface area contributed by atoms with Gasteiger partial charge in [-0.05, 0) is 32.7 Å². The van der Waals surface area contributed by atoms with Crippen molar-refractivity contribution < 1.29 is 14.6 Å². The van der Waals surface area contributed by atoms with Gasteiger partial charge in [-0.25, -0.2) is 4.79 Å². The predicted octanol–water partition coefficient (Wildman–Crippen LogP) is 0.642. The summed E-state index contributed by atoms with van der Waals surface area (Å²) in [5.74, 6) is 0.173. The summed E-state index contributed by atoms with van der Waals surface area (Å²) >= 11 is 0. The molecule has 1 rings (SSSR count). The van der Waals surface area contributed by atoms with Crippen LogP contribution in [-0.4, -0.2) is 48.8 Å². The van der Waals surface area contributed by atoms with Crippen LogP contribution >= 0.6 is 0 Å². The average Bonchev–Trinajstić information content (AvgIpc) is 2.09. The minimum absolute atomic E-state index is 0.330. The largest absolute Gasteiger partial charge is 0.467 e. The van der Waals surface area contributed by atoms with Gasteiger partial charge in [-0.3, -0.25) is 0 Å². The Kier molecular flexibility index (Phi) is 4.11. The highest BCUT2D eigenvalue weighted by atomic mass is 16.5. The molecule has 15 heavy (non-hydrogen) atoms. The molecule has 0 amide bonds. The van der Waals surface area contributed by atoms with E-state index in [1.807, 2.05) is 11.9 Å². The molecule has 1 aliphatic carbocycles. The number of methoxy groups -OCH3 is 1. The number of esters is 1. The van der Waals surface area contributed by atoms with Crippen LogP contribution in [-0.2, 0) is 9.53 Å². The molecule has 0 radical (unpaired) electrons. The monoisotopic (exact) mass is 215 g/mol. The van der Waals surface area contributed by atoms with Crippen molar-refractivity contribution in [1.29, 1.82) is 0 Å². The van der Waals surface area contributed by atoms with Crippen LogP contribution < -0.4 is 0 Å². The molecule has 88 valence electrons. The zero-order chi connectivity index (χ0) is 11.5. The molecular weight excluding hydrogens is 194 g/mol. The normalized spacial score (nSPS) is 20.9. The minimum atomic E-state index is -1.40. The molecule has 1 atom stereocenters. The zero-order valence-corrected chi connectivity index (χ0v) is 9.82. The van der Waals surface area contributed by atoms with Gasteiger partial charge in [0.05, 0.1) is 7.11 Å². The van der Waals surface area contributed by atoms with E-state index in [9.17, 15) is 9.90 Å². The lowest BCUT2D eigenvalue weighted by Crippen LogP contribution is -2.47. The van der Waals surface area contributed by atoms with E-state index < -0.39 is 11.6 Å². The third-order valence-corrected chi connectivity index (χ3v) is 3.00. The highest BCUT2D eigenvalue weighted by Gasteiger charge is 2.33. The fourth-order valence-corrected chi connectivity index (χ4v) is 1.99. The van der Waals surface area contributed by atoms with Gasteiger partial charge in [0.25, 0.3) is 0 Å². The molecule has 1 aliphatic rings. The van der Waals surface area contributed by atoms with E-state index in [0.717, 1.165) is 12.5 Å². The molecule has 0 aromatic heterocycles. The SMILES string of the molecule is COC(=O)C(C)(O)CN(C)CC1CCC1. The number of nitrogens with zero attached hydrogens (tertiary/aromatic N) is 1. The van der Waals surface area contributed by atoms with E-state index >= 15 is 0 Å². The molecule has 0 aromatic carbocycles. The summed E-state index contributed by atoms with van der Waals surface area (Å²) < 4.78 is 4.55. The molecule has 0 saturated heterocycles. The van der Waals surface area contributed by atoms with Crippen LogP contribution in [0.1, 0.15) is 26.2 Å². The van der Waals surface area contributed by atoms with Crippen LogP contribution in [0.3, 0.4) is 0 Å². The standard InChI is InChI=1S/C11H21NO3/c1-11(14,10(13)15-3)8-12(2)7-9-5-4-6-9/h9,14H,4-8H2,1-3H3. The Morgan fingerprint density at radius 2 is 2.20 bits per heavy atom. The molecule has 0 spiro atoms. The molecule has 4 heteroatoms. The predicted molar refractivity (Wildman–Crippen MR) is 57.5 cm³/mol. The zero-order valence-electron chi connectivity index (χ0n) is 9.82. The van der Waals surface area contributed by atoms with E-state index in [0.29, 0.717) is 6.54 Å². The summed E-state index contributed by atoms with van der Waals surface area (Å²) in [4.78, 5) is 13.2. The third-order valence-electron chi connectivity index (χ3n) is 3.00. The van der Waals surface area contributed by atoms with Crippen LogP contribution in [0, 0.1) is 5.92 Å². The Labute approximate surface area is 91.2 Å². The molecule has 0 bridgehead atoms. The first-order chi connectivity index (χ1) is 6.95. The molecule has 0 aromatic rings. The number of rotatable bonds is 5. The van der Waals surface area contributed by atoms with E-state index in [2.05, 4.69) is 4.74 Å². The molecule has 1 N–H and O–H groups in total. The van der Waals surface area contributed by atoms with Gasteiger partial charge >= 0.3 is 5.97 Å². The van der Waals surface area contributed by atoms with Gasteiger partial charge in [-0.15, -0.1) is 0 Å². The van der Waals surface area contributed by atoms with E-state index in [1.165, 1.54) is 33.3 Å². The van der Waals surface area contributed by atoms with Crippen LogP contribution in [0.25, 0.3) is 0 Å². The Bertz CT molecular complexity index is 224. The Hall–Kier alpha value is -0.610. The molecule has 1 unspecified atom stereocenters. The van der Waals surface area contributed by atoms with Crippen LogP contribution in [0.4, 0.5) is 0 Å². The molecule has 1 fully saturated rings. The smallest absolute Gasteiger partial charge is 0.338 e. The second kappa shape index (κ2) is 4.94. The lowest BCUT2D eigenvalue weighted by Gasteiger charge is -2.33. The maximum atomic E-state index is 11.2. The Morgan fingerprint density at radius 3 is 2.60 bits per heavy atom. The number of likely N-dealkylation sites (N-methyl/N-ethyl adjacent to an activating group) is 1. The molecule has 1 saturated carbocycles. The van der Waals surface area contributed by atoms with Gasteiger partial charge in [-0.1, -0.05) is 6.42 Å². The van der Waals surface area contributed by atoms with Crippen molar-refractivity contribution in [2.24, 2.45) is 5.92 Å². The van der Waals surface area contributed by atoms with Crippen molar-refractivity contribution in [3.8, 4) is 0 Å². The first kappa shape index (κ1) is 12.5. The first-order valence-electron chi connectivity index (χ1n) is 5.45. The summed E-state index contributed by atoms with van der Waals surface area (Å²) in [6, 6.07) is 0. The highest BCUT2D eigenvalue weighted by molar-refractivity contribution is 5.78. The van der Waals surface area contributed by atoms with Gasteiger partial charge in [0, 0.05) is 13.1 Å². The Balaban J connectivity index is 2.34. The number of aliphatic hydroxyl groups is 1. The maximum Gasteiger partial charge on any atom is 0.338 e. The molecular formula is C11H21NO3. The second-order valence-corrected chi connectivity index (χ2v) is 4.76. The van der Waals surface area contributed by atoms with E-state index in [4.69, 9.17) is 0 Å². The quantitative estimate of drug-likeness (QED) is 0.684. The Morgan fingerprint density at radius 1 is 1.60 bits per heavy atom. The van der Waals surface area contributed by atoms with Crippen molar-refractivity contribution in [1.82, 2.24) is 4.90 Å². The van der Waals surface area contributed by atoms with Gasteiger partial charge in [0.15, 0.2) is 5.60 Å². The lowest BCUT2D eigenvalue weighted by molar-refractivity contribution is -0.162. The third kappa shape index (κ3) is 3.47. The fourth-order valence-electron chi connectivity index (χ4n) is 1.99. The number of hydrogen-bond donors (Lipinski definition) is 1. The summed E-state index contributed by atoms with van der Waals surface area (Å²) in [6.07, 6.45) is 3.85. The fraction of sp³-hybridized carbons (Fsp3) is 0.909. The molecule has 4 nitrogen and oxygen atoms in total.